The van der Waals surface area contributed by atoms with Crippen molar-refractivity contribution in [2.45, 2.75) is 0 Å². The van der Waals surface area contributed by atoms with Crippen LogP contribution in [0, 0.1) is 0 Å². The van der Waals surface area contributed by atoms with Crippen molar-refractivity contribution in [1.29, 1.82) is 0 Å². The summed E-state index contributed by atoms with van der Waals surface area (Å²) in [6.07, 6.45) is 0. The fourth-order valence-electron chi connectivity index (χ4n) is 0. The normalized spacial score (nSPS) is 3.57. The molecule has 0 unspecified atom stereocenters. The molecule has 47 heteroatoms. The molecule has 0 spiro atoms. The average Bonchev–Trinajstić information content (AvgIpc) is 2.20. The van der Waals surface area contributed by atoms with E-state index in [1.54, 1.807) is 0 Å². The first kappa shape index (κ1) is 194. The summed E-state index contributed by atoms with van der Waals surface area (Å²) in [6, 6.07) is 0. The van der Waals surface area contributed by atoms with E-state index in [-0.39, 0.29) is 347 Å². The molecule has 21 nitrogen and oxygen atoms in total. The SMILES string of the molecule is O=[Si]([O-])[O-].O=[Si]([O-])[O-].O=[Si]([O-])[O-].O=[Si]([O-])[O-].O=[Si]([O-])[O-].O=[Si]([O-])[O-].O=[Si]([O-])[O-].[Al+3].[Al+3].[Al+3].[F-].[F-].[F-].[F-].[F-].[F-].[F-].[K+].[K+].[K+].[Li+].[Li+].[Li+].[Mn+2].[Mn+2].[Mn+2]. The van der Waals surface area contributed by atoms with Crippen LogP contribution in [0.2, 0.25) is 0 Å². The van der Waals surface area contributed by atoms with Crippen molar-refractivity contribution in [3.05, 3.63) is 0 Å². The van der Waals surface area contributed by atoms with Crippen LogP contribution in [0.25, 0.3) is 0 Å². The maximum atomic E-state index is 8.52. The summed E-state index contributed by atoms with van der Waals surface area (Å²) in [6.45, 7) is 0. The Morgan fingerprint density at radius 3 is 0.234 bits per heavy atom. The minimum atomic E-state index is -3.63. The van der Waals surface area contributed by atoms with Gasteiger partial charge in [0.2, 0.25) is 0 Å². The molecule has 0 fully saturated rings. The van der Waals surface area contributed by atoms with Gasteiger partial charge in [-0.05, 0) is 0 Å². The minimum Gasteiger partial charge on any atom is -1.00 e. The van der Waals surface area contributed by atoms with Gasteiger partial charge in [0.25, 0.3) is 0 Å². The van der Waals surface area contributed by atoms with E-state index in [1.165, 1.54) is 0 Å². The van der Waals surface area contributed by atoms with Gasteiger partial charge >= 0.3 is 314 Å². The standard InChI is InChI=1S/3Al.7FH.3K.3Li.3Mn.7O3Si/c;;;;;;;;;;;;;;;;;;;7*1-4(2)3/h;;;7*1H;;;;;;;;;;;;;;;;/q3*+3;;;;;;;;6*+1;3*+2;7*-2/p-7. The molecule has 0 saturated carbocycles. The Kier molecular flexibility index (Phi) is 760. The Morgan fingerprint density at radius 1 is 0.234 bits per heavy atom. The van der Waals surface area contributed by atoms with E-state index < -0.39 is 64.2 Å². The third kappa shape index (κ3) is 3030. The number of hydrogen-bond acceptors (Lipinski definition) is 21. The van der Waals surface area contributed by atoms with Crippen LogP contribution in [0.15, 0.2) is 0 Å². The second kappa shape index (κ2) is 184. The summed E-state index contributed by atoms with van der Waals surface area (Å²) in [5.74, 6) is 0. The summed E-state index contributed by atoms with van der Waals surface area (Å²) in [7, 11) is -25.4. The largest absolute Gasteiger partial charge is 3.00 e. The van der Waals surface area contributed by atoms with Gasteiger partial charge in [-0.2, -0.15) is 0 Å². The smallest absolute Gasteiger partial charge is 1.00 e. The molecule has 0 amide bonds. The monoisotopic (exact) mass is 1050 g/mol. The Hall–Kier alpha value is 6.69. The Bertz CT molecular complexity index is 390. The summed E-state index contributed by atoms with van der Waals surface area (Å²) in [5, 5.41) is 0. The predicted molar refractivity (Wildman–Crippen MR) is 62.3 cm³/mol. The van der Waals surface area contributed by atoms with Crippen molar-refractivity contribution in [1.82, 2.24) is 0 Å². The van der Waals surface area contributed by atoms with E-state index >= 15 is 0 Å². The molecule has 3 radical (unpaired) electrons. The van der Waals surface area contributed by atoms with Crippen LogP contribution in [-0.2, 0) is 82.4 Å². The Balaban J connectivity index is -0.00000000427. The molecule has 0 N–H and O–H groups in total. The topological polar surface area (TPSA) is 442 Å². The number of hydrogen-bond donors (Lipinski definition) is 0. The van der Waals surface area contributed by atoms with Gasteiger partial charge in [0.1, 0.15) is 0 Å². The second-order valence-electron chi connectivity index (χ2n) is 1.75. The molecule has 0 aliphatic rings. The van der Waals surface area contributed by atoms with Gasteiger partial charge in [-0.3, -0.25) is 0 Å². The molecule has 47 heavy (non-hydrogen) atoms. The quantitative estimate of drug-likeness (QED) is 0.161. The van der Waals surface area contributed by atoms with Crippen LogP contribution < -0.4 is 311 Å². The van der Waals surface area contributed by atoms with Gasteiger partial charge in [-0.15, -0.1) is 0 Å². The summed E-state index contributed by atoms with van der Waals surface area (Å²) in [4.78, 5) is 119. The third-order valence-corrected chi connectivity index (χ3v) is 0. The molecular formula is Al3F7K3Li3Mn3O21Si7. The average molecular weight is 1050 g/mol. The fraction of sp³-hybridized carbons (Fsp3) is 0. The van der Waals surface area contributed by atoms with Crippen LogP contribution in [0.1, 0.15) is 0 Å². The third-order valence-electron chi connectivity index (χ3n) is 0. The molecule has 0 aliphatic heterocycles. The van der Waals surface area contributed by atoms with Crippen molar-refractivity contribution in [2.75, 3.05) is 0 Å². The van der Waals surface area contributed by atoms with Gasteiger partial charge < -0.3 is 131 Å². The van der Waals surface area contributed by atoms with Crippen LogP contribution in [0.3, 0.4) is 0 Å². The molecule has 0 saturated heterocycles. The van der Waals surface area contributed by atoms with Gasteiger partial charge in [-0.1, -0.05) is 0 Å². The van der Waals surface area contributed by atoms with Gasteiger partial charge in [0.15, 0.2) is 0 Å². The first-order valence-electron chi connectivity index (χ1n) is 4.29. The molecule has 0 bridgehead atoms. The first-order valence-corrected chi connectivity index (χ1v) is 12.9. The first-order chi connectivity index (χ1) is 12.1. The molecule has 0 aromatic heterocycles. The van der Waals surface area contributed by atoms with Crippen molar-refractivity contribution in [3.63, 3.8) is 0 Å². The molecule has 0 aliphatic carbocycles. The fourth-order valence-corrected chi connectivity index (χ4v) is 0. The van der Waals surface area contributed by atoms with Crippen LogP contribution in [-0.4, -0.2) is 116 Å². The van der Waals surface area contributed by atoms with E-state index in [1.807, 2.05) is 0 Å². The molecule has 239 valence electrons. The molecule has 0 aromatic rings. The second-order valence-corrected chi connectivity index (χ2v) is 5.25. The molecule has 0 aromatic carbocycles. The van der Waals surface area contributed by atoms with Crippen molar-refractivity contribution in [2.24, 2.45) is 0 Å². The van der Waals surface area contributed by atoms with Gasteiger partial charge in [0.05, 0.1) is 0 Å². The van der Waals surface area contributed by atoms with Gasteiger partial charge in [-0.25, -0.2) is 0 Å². The van der Waals surface area contributed by atoms with Crippen molar-refractivity contribution in [3.8, 4) is 0 Å². The zero-order valence-electron chi connectivity index (χ0n) is 23.6. The zero-order chi connectivity index (χ0) is 25.0. The van der Waals surface area contributed by atoms with E-state index in [0.717, 1.165) is 0 Å². The van der Waals surface area contributed by atoms with Crippen LogP contribution in [0.4, 0.5) is 0 Å². The van der Waals surface area contributed by atoms with Crippen molar-refractivity contribution < 1.29 is 393 Å². The summed E-state index contributed by atoms with van der Waals surface area (Å²) in [5.41, 5.74) is 0. The molecule has 0 atom stereocenters. The van der Waals surface area contributed by atoms with Crippen LogP contribution >= 0.6 is 0 Å². The number of rotatable bonds is 0. The molecule has 0 heterocycles. The Labute approximate surface area is 498 Å². The van der Waals surface area contributed by atoms with E-state index in [4.69, 9.17) is 98.4 Å². The summed E-state index contributed by atoms with van der Waals surface area (Å²) >= 11 is 0. The zero-order valence-corrected chi connectivity index (χ0v) is 47.0. The molecular weight excluding hydrogens is 1050 g/mol. The maximum Gasteiger partial charge on any atom is 3.00 e. The van der Waals surface area contributed by atoms with Crippen molar-refractivity contribution >= 4 is 116 Å². The Morgan fingerprint density at radius 2 is 0.234 bits per heavy atom. The van der Waals surface area contributed by atoms with E-state index in [2.05, 4.69) is 0 Å². The minimum absolute atomic E-state index is 0. The molecule has 0 rings (SSSR count). The number of halogens is 7. The summed E-state index contributed by atoms with van der Waals surface area (Å²) < 4.78 is 59.6. The van der Waals surface area contributed by atoms with E-state index in [9.17, 15) is 0 Å². The van der Waals surface area contributed by atoms with Gasteiger partial charge in [0, 0.05) is 64.2 Å². The van der Waals surface area contributed by atoms with E-state index in [0.29, 0.717) is 0 Å². The predicted octanol–water partition coefficient (Wildman–Crippen LogP) is -60.2. The maximum absolute atomic E-state index is 8.52. The van der Waals surface area contributed by atoms with Crippen LogP contribution in [0.5, 0.6) is 0 Å².